The van der Waals surface area contributed by atoms with Gasteiger partial charge in [0.15, 0.2) is 0 Å². The van der Waals surface area contributed by atoms with E-state index in [0.717, 1.165) is 18.5 Å². The maximum Gasteiger partial charge on any atom is 0.311 e. The Kier molecular flexibility index (Phi) is 4.84. The molecule has 0 aliphatic heterocycles. The molecule has 1 unspecified atom stereocenters. The minimum absolute atomic E-state index is 0.00912. The van der Waals surface area contributed by atoms with E-state index in [1.165, 1.54) is 6.07 Å². The number of anilines is 1. The fraction of sp³-hybridized carbons (Fsp3) is 0.545. The van der Waals surface area contributed by atoms with E-state index in [1.807, 2.05) is 6.92 Å². The van der Waals surface area contributed by atoms with Gasteiger partial charge in [-0.25, -0.2) is 4.98 Å². The molecule has 3 N–H and O–H groups in total. The van der Waals surface area contributed by atoms with Gasteiger partial charge in [0.05, 0.1) is 4.92 Å². The number of aryl methyl sites for hydroxylation is 1. The zero-order valence-corrected chi connectivity index (χ0v) is 10.1. The van der Waals surface area contributed by atoms with E-state index >= 15 is 0 Å². The van der Waals surface area contributed by atoms with E-state index in [9.17, 15) is 10.1 Å². The van der Waals surface area contributed by atoms with Crippen molar-refractivity contribution in [3.63, 3.8) is 0 Å². The van der Waals surface area contributed by atoms with Crippen LogP contribution in [0.25, 0.3) is 0 Å². The molecule has 0 saturated carbocycles. The first-order valence-electron chi connectivity index (χ1n) is 5.67. The molecule has 94 valence electrons. The molecule has 6 heteroatoms. The highest BCUT2D eigenvalue weighted by Crippen LogP contribution is 2.23. The van der Waals surface area contributed by atoms with Crippen molar-refractivity contribution in [2.75, 3.05) is 11.9 Å². The van der Waals surface area contributed by atoms with Gasteiger partial charge in [-0.3, -0.25) is 10.1 Å². The third kappa shape index (κ3) is 3.67. The van der Waals surface area contributed by atoms with E-state index in [-0.39, 0.29) is 11.7 Å². The van der Waals surface area contributed by atoms with Crippen molar-refractivity contribution in [1.29, 1.82) is 0 Å². The van der Waals surface area contributed by atoms with Crippen molar-refractivity contribution in [2.24, 2.45) is 5.73 Å². The highest BCUT2D eigenvalue weighted by molar-refractivity contribution is 5.56. The molecular formula is C11H18N4O2. The van der Waals surface area contributed by atoms with Crippen LogP contribution in [0.1, 0.15) is 25.5 Å². The first-order valence-corrected chi connectivity index (χ1v) is 5.67. The molecule has 0 aliphatic carbocycles. The fourth-order valence-corrected chi connectivity index (χ4v) is 1.59. The summed E-state index contributed by atoms with van der Waals surface area (Å²) < 4.78 is 0. The lowest BCUT2D eigenvalue weighted by molar-refractivity contribution is -0.384. The standard InChI is InChI=1S/C11H18N4O2/c1-3-4-9(7-12)14-11-10(15(16)17)6-5-8(2)13-11/h5-6,9H,3-4,7,12H2,1-2H3,(H,13,14). The summed E-state index contributed by atoms with van der Waals surface area (Å²) in [6.07, 6.45) is 1.83. The number of aromatic nitrogens is 1. The van der Waals surface area contributed by atoms with Crippen LogP contribution in [0.2, 0.25) is 0 Å². The molecule has 0 aromatic carbocycles. The van der Waals surface area contributed by atoms with Gasteiger partial charge in [-0.15, -0.1) is 0 Å². The third-order valence-electron chi connectivity index (χ3n) is 2.47. The average Bonchev–Trinajstić information content (AvgIpc) is 2.28. The molecule has 1 heterocycles. The fourth-order valence-electron chi connectivity index (χ4n) is 1.59. The normalized spacial score (nSPS) is 12.2. The number of nitrogens with two attached hydrogens (primary N) is 1. The Morgan fingerprint density at radius 1 is 1.59 bits per heavy atom. The summed E-state index contributed by atoms with van der Waals surface area (Å²) in [6, 6.07) is 3.11. The average molecular weight is 238 g/mol. The predicted molar refractivity (Wildman–Crippen MR) is 67.0 cm³/mol. The van der Waals surface area contributed by atoms with Crippen LogP contribution >= 0.6 is 0 Å². The second-order valence-electron chi connectivity index (χ2n) is 3.94. The summed E-state index contributed by atoms with van der Waals surface area (Å²) >= 11 is 0. The monoisotopic (exact) mass is 238 g/mol. The molecule has 1 aromatic heterocycles. The second-order valence-corrected chi connectivity index (χ2v) is 3.94. The van der Waals surface area contributed by atoms with Crippen molar-refractivity contribution in [1.82, 2.24) is 4.98 Å². The van der Waals surface area contributed by atoms with Gasteiger partial charge in [-0.2, -0.15) is 0 Å². The van der Waals surface area contributed by atoms with Crippen LogP contribution < -0.4 is 11.1 Å². The van der Waals surface area contributed by atoms with Gasteiger partial charge in [-0.1, -0.05) is 13.3 Å². The topological polar surface area (TPSA) is 94.1 Å². The SMILES string of the molecule is CCCC(CN)Nc1nc(C)ccc1[N+](=O)[O-]. The first kappa shape index (κ1) is 13.4. The number of pyridine rings is 1. The molecule has 17 heavy (non-hydrogen) atoms. The number of hydrogen-bond acceptors (Lipinski definition) is 5. The van der Waals surface area contributed by atoms with Gasteiger partial charge in [0.2, 0.25) is 5.82 Å². The predicted octanol–water partition coefficient (Wildman–Crippen LogP) is 1.84. The zero-order chi connectivity index (χ0) is 12.8. The van der Waals surface area contributed by atoms with Crippen molar-refractivity contribution in [3.05, 3.63) is 27.9 Å². The number of hydrogen-bond donors (Lipinski definition) is 2. The summed E-state index contributed by atoms with van der Waals surface area (Å²) in [5.41, 5.74) is 6.34. The smallest absolute Gasteiger partial charge is 0.311 e. The molecule has 0 amide bonds. The quantitative estimate of drug-likeness (QED) is 0.582. The van der Waals surface area contributed by atoms with Gasteiger partial charge in [0.25, 0.3) is 0 Å². The Morgan fingerprint density at radius 3 is 2.82 bits per heavy atom. The summed E-state index contributed by atoms with van der Waals surface area (Å²) in [5, 5.41) is 13.9. The largest absolute Gasteiger partial charge is 0.360 e. The molecule has 0 aliphatic rings. The zero-order valence-electron chi connectivity index (χ0n) is 10.1. The number of nitrogens with zero attached hydrogens (tertiary/aromatic N) is 2. The molecule has 6 nitrogen and oxygen atoms in total. The van der Waals surface area contributed by atoms with E-state index in [4.69, 9.17) is 5.73 Å². The molecule has 0 radical (unpaired) electrons. The Morgan fingerprint density at radius 2 is 2.29 bits per heavy atom. The summed E-state index contributed by atoms with van der Waals surface area (Å²) in [7, 11) is 0. The molecule has 0 bridgehead atoms. The number of nitrogens with one attached hydrogen (secondary N) is 1. The minimum atomic E-state index is -0.436. The molecular weight excluding hydrogens is 220 g/mol. The number of nitro groups is 1. The van der Waals surface area contributed by atoms with Crippen LogP contribution in [0.15, 0.2) is 12.1 Å². The van der Waals surface area contributed by atoms with Gasteiger partial charge < -0.3 is 11.1 Å². The molecule has 0 spiro atoms. The first-order chi connectivity index (χ1) is 8.08. The highest BCUT2D eigenvalue weighted by atomic mass is 16.6. The van der Waals surface area contributed by atoms with Crippen LogP contribution in [0.4, 0.5) is 11.5 Å². The molecule has 0 saturated heterocycles. The molecule has 0 fully saturated rings. The van der Waals surface area contributed by atoms with Crippen molar-refractivity contribution in [2.45, 2.75) is 32.7 Å². The Balaban J connectivity index is 2.94. The summed E-state index contributed by atoms with van der Waals surface area (Å²) in [5.74, 6) is 0.305. The maximum absolute atomic E-state index is 10.9. The second kappa shape index (κ2) is 6.15. The van der Waals surface area contributed by atoms with E-state index in [2.05, 4.69) is 10.3 Å². The maximum atomic E-state index is 10.9. The highest BCUT2D eigenvalue weighted by Gasteiger charge is 2.17. The van der Waals surface area contributed by atoms with Crippen molar-refractivity contribution in [3.8, 4) is 0 Å². The Bertz CT molecular complexity index is 395. The number of rotatable bonds is 6. The van der Waals surface area contributed by atoms with E-state index < -0.39 is 4.92 Å². The van der Waals surface area contributed by atoms with Crippen molar-refractivity contribution < 1.29 is 4.92 Å². The van der Waals surface area contributed by atoms with Gasteiger partial charge >= 0.3 is 5.69 Å². The molecule has 1 aromatic rings. The lowest BCUT2D eigenvalue weighted by atomic mass is 10.1. The Labute approximate surface area is 100 Å². The van der Waals surface area contributed by atoms with Crippen LogP contribution in [0.5, 0.6) is 0 Å². The lowest BCUT2D eigenvalue weighted by Crippen LogP contribution is -2.29. The minimum Gasteiger partial charge on any atom is -0.360 e. The van der Waals surface area contributed by atoms with E-state index in [1.54, 1.807) is 13.0 Å². The van der Waals surface area contributed by atoms with Crippen LogP contribution in [-0.2, 0) is 0 Å². The molecule has 1 atom stereocenters. The Hall–Kier alpha value is -1.69. The third-order valence-corrected chi connectivity index (χ3v) is 2.47. The van der Waals surface area contributed by atoms with E-state index in [0.29, 0.717) is 12.4 Å². The van der Waals surface area contributed by atoms with Gasteiger partial charge in [0, 0.05) is 24.3 Å². The lowest BCUT2D eigenvalue weighted by Gasteiger charge is -2.16. The van der Waals surface area contributed by atoms with Gasteiger partial charge in [0.1, 0.15) is 0 Å². The summed E-state index contributed by atoms with van der Waals surface area (Å²) in [6.45, 7) is 4.27. The summed E-state index contributed by atoms with van der Waals surface area (Å²) in [4.78, 5) is 14.6. The van der Waals surface area contributed by atoms with Crippen molar-refractivity contribution >= 4 is 11.5 Å². The molecule has 1 rings (SSSR count). The van der Waals surface area contributed by atoms with Crippen LogP contribution in [-0.4, -0.2) is 22.5 Å². The van der Waals surface area contributed by atoms with Crippen LogP contribution in [0, 0.1) is 17.0 Å². The van der Waals surface area contributed by atoms with Gasteiger partial charge in [-0.05, 0) is 19.4 Å². The van der Waals surface area contributed by atoms with Crippen LogP contribution in [0.3, 0.4) is 0 Å².